The molecule has 0 aromatic carbocycles. The summed E-state index contributed by atoms with van der Waals surface area (Å²) < 4.78 is 0. The van der Waals surface area contributed by atoms with E-state index in [2.05, 4.69) is 31.9 Å². The fraction of sp³-hybridized carbons (Fsp3) is 0.697. The quantitative estimate of drug-likeness (QED) is 0.0415. The van der Waals surface area contributed by atoms with E-state index in [-0.39, 0.29) is 12.3 Å². The Balaban J connectivity index is 6.25. The predicted molar refractivity (Wildman–Crippen MR) is 189 cm³/mol. The van der Waals surface area contributed by atoms with Gasteiger partial charge in [-0.1, -0.05) is 34.1 Å². The molecule has 0 aliphatic heterocycles. The summed E-state index contributed by atoms with van der Waals surface area (Å²) in [7, 11) is 0. The number of amides is 6. The molecule has 9 unspecified atom stereocenters. The van der Waals surface area contributed by atoms with Gasteiger partial charge in [0.1, 0.15) is 36.3 Å². The number of aliphatic carboxylic acids is 4. The van der Waals surface area contributed by atoms with Gasteiger partial charge in [0, 0.05) is 19.3 Å². The van der Waals surface area contributed by atoms with Crippen LogP contribution in [0.4, 0.5) is 0 Å². The zero-order chi connectivity index (χ0) is 42.7. The molecule has 0 aromatic heterocycles. The number of nitrogens with two attached hydrogens (primary N) is 1. The minimum absolute atomic E-state index is 0.272. The van der Waals surface area contributed by atoms with Crippen LogP contribution in [0.25, 0.3) is 0 Å². The maximum absolute atomic E-state index is 13.6. The molecule has 0 radical (unpaired) electrons. The lowest BCUT2D eigenvalue weighted by atomic mass is 9.97. The molecule has 0 aliphatic carbocycles. The van der Waals surface area contributed by atoms with Gasteiger partial charge in [-0.15, -0.1) is 0 Å². The van der Waals surface area contributed by atoms with Crippen molar-refractivity contribution in [3.05, 3.63) is 0 Å². The first-order chi connectivity index (χ1) is 25.4. The molecule has 0 heterocycles. The number of carbonyl (C=O) groups excluding carboxylic acids is 6. The molecule has 0 fully saturated rings. The van der Waals surface area contributed by atoms with Crippen LogP contribution in [0, 0.1) is 11.8 Å². The maximum atomic E-state index is 13.6. The Bertz CT molecular complexity index is 1410. The molecule has 9 atom stereocenters. The van der Waals surface area contributed by atoms with Crippen LogP contribution in [0.3, 0.4) is 0 Å². The van der Waals surface area contributed by atoms with Crippen LogP contribution in [0.2, 0.25) is 0 Å². The summed E-state index contributed by atoms with van der Waals surface area (Å²) in [5, 5.41) is 60.7. The van der Waals surface area contributed by atoms with Gasteiger partial charge < -0.3 is 63.2 Å². The van der Waals surface area contributed by atoms with Crippen molar-refractivity contribution < 1.29 is 73.5 Å². The number of hydrogen-bond acceptors (Lipinski definition) is 12. The lowest BCUT2D eigenvalue weighted by Crippen LogP contribution is -2.61. The van der Waals surface area contributed by atoms with E-state index in [0.717, 1.165) is 6.92 Å². The Kier molecular flexibility index (Phi) is 21.8. The highest BCUT2D eigenvalue weighted by Gasteiger charge is 2.35. The second kappa shape index (κ2) is 24.1. The summed E-state index contributed by atoms with van der Waals surface area (Å²) in [5.41, 5.74) is 5.82. The molecule has 22 heteroatoms. The molecule has 22 nitrogen and oxygen atoms in total. The van der Waals surface area contributed by atoms with Crippen molar-refractivity contribution in [3.8, 4) is 0 Å². The van der Waals surface area contributed by atoms with Crippen LogP contribution in [0.1, 0.15) is 86.5 Å². The van der Waals surface area contributed by atoms with Crippen molar-refractivity contribution in [1.29, 1.82) is 0 Å². The van der Waals surface area contributed by atoms with Crippen LogP contribution < -0.4 is 37.6 Å². The molecule has 55 heavy (non-hydrogen) atoms. The Morgan fingerprint density at radius 1 is 0.509 bits per heavy atom. The zero-order valence-corrected chi connectivity index (χ0v) is 31.6. The average molecular weight is 790 g/mol. The highest BCUT2D eigenvalue weighted by atomic mass is 16.4. The van der Waals surface area contributed by atoms with Crippen LogP contribution in [0.15, 0.2) is 0 Å². The first-order valence-electron chi connectivity index (χ1n) is 17.6. The monoisotopic (exact) mass is 789 g/mol. The summed E-state index contributed by atoms with van der Waals surface area (Å²) in [6.45, 7) is 8.84. The minimum Gasteiger partial charge on any atom is -0.481 e. The number of carboxylic acids is 4. The highest BCUT2D eigenvalue weighted by Crippen LogP contribution is 2.11. The van der Waals surface area contributed by atoms with Crippen molar-refractivity contribution >= 4 is 59.3 Å². The molecule has 0 bridgehead atoms. The Hall–Kier alpha value is -5.38. The van der Waals surface area contributed by atoms with Crippen molar-refractivity contribution in [2.75, 3.05) is 0 Å². The van der Waals surface area contributed by atoms with E-state index in [1.807, 2.05) is 0 Å². The number of aliphatic hydroxyl groups is 1. The number of carboxylic acid groups (broad SMARTS) is 4. The first kappa shape index (κ1) is 49.6. The molecular weight excluding hydrogens is 734 g/mol. The number of carbonyl (C=O) groups is 10. The summed E-state index contributed by atoms with van der Waals surface area (Å²) >= 11 is 0. The van der Waals surface area contributed by atoms with Gasteiger partial charge in [-0.3, -0.25) is 43.2 Å². The van der Waals surface area contributed by atoms with Gasteiger partial charge in [-0.25, -0.2) is 4.79 Å². The molecular formula is C33H55N7O15. The third-order valence-electron chi connectivity index (χ3n) is 8.45. The van der Waals surface area contributed by atoms with Gasteiger partial charge in [-0.05, 0) is 44.9 Å². The number of rotatable bonds is 26. The van der Waals surface area contributed by atoms with Gasteiger partial charge in [0.05, 0.1) is 12.1 Å². The highest BCUT2D eigenvalue weighted by molar-refractivity contribution is 5.97. The minimum atomic E-state index is -1.70. The van der Waals surface area contributed by atoms with Crippen molar-refractivity contribution in [2.24, 2.45) is 17.6 Å². The molecule has 0 rings (SSSR count). The van der Waals surface area contributed by atoms with E-state index in [9.17, 15) is 68.4 Å². The van der Waals surface area contributed by atoms with Crippen molar-refractivity contribution in [2.45, 2.75) is 135 Å². The van der Waals surface area contributed by atoms with Crippen molar-refractivity contribution in [3.63, 3.8) is 0 Å². The molecule has 0 spiro atoms. The van der Waals surface area contributed by atoms with Gasteiger partial charge in [0.2, 0.25) is 35.4 Å². The van der Waals surface area contributed by atoms with Crippen LogP contribution in [-0.2, 0) is 47.9 Å². The van der Waals surface area contributed by atoms with E-state index in [1.54, 1.807) is 27.7 Å². The maximum Gasteiger partial charge on any atom is 0.326 e. The smallest absolute Gasteiger partial charge is 0.326 e. The lowest BCUT2D eigenvalue weighted by molar-refractivity contribution is -0.143. The fourth-order valence-electron chi connectivity index (χ4n) is 4.71. The normalized spacial score (nSPS) is 15.9. The molecule has 13 N–H and O–H groups in total. The van der Waals surface area contributed by atoms with Crippen LogP contribution in [-0.4, -0.2) is 133 Å². The van der Waals surface area contributed by atoms with E-state index >= 15 is 0 Å². The molecule has 0 aliphatic rings. The van der Waals surface area contributed by atoms with Gasteiger partial charge >= 0.3 is 23.9 Å². The van der Waals surface area contributed by atoms with Gasteiger partial charge in [0.15, 0.2) is 0 Å². The SMILES string of the molecule is CCC(C)C(NC(=O)C(CCC(=O)O)NC(=O)C(CCC(=O)O)NC(=O)C(NC(=O)C(N)C(C)C)C(C)O)C(=O)NC(C)C(=O)NC(CCC(=O)O)C(=O)O. The first-order valence-corrected chi connectivity index (χ1v) is 17.6. The third-order valence-corrected chi connectivity index (χ3v) is 8.45. The Labute approximate surface area is 317 Å². The lowest BCUT2D eigenvalue weighted by Gasteiger charge is -2.29. The number of hydrogen-bond donors (Lipinski definition) is 12. The van der Waals surface area contributed by atoms with Crippen LogP contribution in [0.5, 0.6) is 0 Å². The predicted octanol–water partition coefficient (Wildman–Crippen LogP) is -3.00. The number of nitrogens with one attached hydrogen (secondary N) is 6. The van der Waals surface area contributed by atoms with Crippen molar-refractivity contribution in [1.82, 2.24) is 31.9 Å². The number of aliphatic hydroxyl groups excluding tert-OH is 1. The Morgan fingerprint density at radius 2 is 0.891 bits per heavy atom. The molecule has 6 amide bonds. The molecule has 312 valence electrons. The van der Waals surface area contributed by atoms with E-state index < -0.39 is 152 Å². The molecule has 0 aromatic rings. The molecule has 0 saturated heterocycles. The summed E-state index contributed by atoms with van der Waals surface area (Å²) in [6.07, 6.45) is -4.72. The average Bonchev–Trinajstić information content (AvgIpc) is 3.09. The summed E-state index contributed by atoms with van der Waals surface area (Å²) in [6, 6.07) is -10.5. The second-order valence-electron chi connectivity index (χ2n) is 13.4. The van der Waals surface area contributed by atoms with E-state index in [1.165, 1.54) is 6.92 Å². The molecule has 0 saturated carbocycles. The summed E-state index contributed by atoms with van der Waals surface area (Å²) in [4.78, 5) is 124. The summed E-state index contributed by atoms with van der Waals surface area (Å²) in [5.74, 6) is -12.6. The Morgan fingerprint density at radius 3 is 1.29 bits per heavy atom. The van der Waals surface area contributed by atoms with Crippen LogP contribution >= 0.6 is 0 Å². The standard InChI is InChI=1S/C33H55N7O15/c1-7-15(4)25(31(52)35-16(5)27(48)38-20(33(54)55)10-13-23(46)47)39-29(50)19(9-12-22(44)45)36-28(49)18(8-11-21(42)43)37-32(53)26(17(6)41)40-30(51)24(34)14(2)3/h14-20,24-26,41H,7-13,34H2,1-6H3,(H,35,52)(H,36,49)(H,37,53)(H,38,48)(H,39,50)(H,40,51)(H,42,43)(H,44,45)(H,46,47)(H,54,55). The third kappa shape index (κ3) is 18.5. The van der Waals surface area contributed by atoms with E-state index in [0.29, 0.717) is 0 Å². The largest absolute Gasteiger partial charge is 0.481 e. The zero-order valence-electron chi connectivity index (χ0n) is 31.6. The van der Waals surface area contributed by atoms with E-state index in [4.69, 9.17) is 10.8 Å². The van der Waals surface area contributed by atoms with Gasteiger partial charge in [-0.2, -0.15) is 0 Å². The van der Waals surface area contributed by atoms with Gasteiger partial charge in [0.25, 0.3) is 0 Å². The second-order valence-corrected chi connectivity index (χ2v) is 13.4. The fourth-order valence-corrected chi connectivity index (χ4v) is 4.71. The topological polar surface area (TPSA) is 370 Å².